The van der Waals surface area contributed by atoms with Crippen molar-refractivity contribution in [1.29, 1.82) is 0 Å². The summed E-state index contributed by atoms with van der Waals surface area (Å²) in [6.45, 7) is 0.610. The number of ether oxygens (including phenoxy) is 2. The molecule has 2 N–H and O–H groups in total. The van der Waals surface area contributed by atoms with Crippen molar-refractivity contribution >= 4 is 11.6 Å². The quantitative estimate of drug-likeness (QED) is 0.869. The van der Waals surface area contributed by atoms with Gasteiger partial charge in [-0.25, -0.2) is 0 Å². The molecule has 7 heteroatoms. The van der Waals surface area contributed by atoms with Crippen LogP contribution in [0.25, 0.3) is 0 Å². The van der Waals surface area contributed by atoms with Crippen molar-refractivity contribution in [3.8, 4) is 11.5 Å². The highest BCUT2D eigenvalue weighted by molar-refractivity contribution is 5.91. The second-order valence-corrected chi connectivity index (χ2v) is 4.86. The number of fused-ring (bicyclic) bond motifs is 1. The maximum atomic E-state index is 12.8. The zero-order valence-corrected chi connectivity index (χ0v) is 10.6. The highest BCUT2D eigenvalue weighted by Crippen LogP contribution is 2.42. The van der Waals surface area contributed by atoms with Gasteiger partial charge in [0.2, 0.25) is 5.91 Å². The summed E-state index contributed by atoms with van der Waals surface area (Å²) in [7, 11) is 0. The number of alkyl halides is 2. The van der Waals surface area contributed by atoms with E-state index >= 15 is 0 Å². The Morgan fingerprint density at radius 3 is 2.80 bits per heavy atom. The molecule has 1 aromatic carbocycles. The standard InChI is InChI=1S/C13H14F2N2O3/c14-13(15)19-10-4-3-9(7-11(10)20-13)17-12(18)5-6-16-8-1-2-8/h3-4,7-8,16H,1-2,5-6H2,(H,17,18). The normalized spacial score (nSPS) is 18.9. The topological polar surface area (TPSA) is 59.6 Å². The summed E-state index contributed by atoms with van der Waals surface area (Å²) in [4.78, 5) is 11.7. The predicted molar refractivity (Wildman–Crippen MR) is 66.9 cm³/mol. The Morgan fingerprint density at radius 1 is 1.30 bits per heavy atom. The van der Waals surface area contributed by atoms with Gasteiger partial charge in [0.05, 0.1) is 0 Å². The van der Waals surface area contributed by atoms with Crippen LogP contribution in [-0.2, 0) is 4.79 Å². The molecule has 1 aliphatic heterocycles. The number of halogens is 2. The zero-order chi connectivity index (χ0) is 14.2. The maximum absolute atomic E-state index is 12.8. The molecule has 2 aliphatic rings. The SMILES string of the molecule is O=C(CCNC1CC1)Nc1ccc2c(c1)OC(F)(F)O2. The van der Waals surface area contributed by atoms with Crippen molar-refractivity contribution in [3.63, 3.8) is 0 Å². The van der Waals surface area contributed by atoms with Crippen LogP contribution in [-0.4, -0.2) is 24.8 Å². The lowest BCUT2D eigenvalue weighted by Gasteiger charge is -2.06. The van der Waals surface area contributed by atoms with Gasteiger partial charge in [-0.1, -0.05) is 0 Å². The van der Waals surface area contributed by atoms with Gasteiger partial charge in [0.15, 0.2) is 11.5 Å². The minimum Gasteiger partial charge on any atom is -0.395 e. The summed E-state index contributed by atoms with van der Waals surface area (Å²) in [6.07, 6.45) is -0.976. The summed E-state index contributed by atoms with van der Waals surface area (Å²) in [5, 5.41) is 5.85. The lowest BCUT2D eigenvalue weighted by atomic mass is 10.2. The molecule has 3 rings (SSSR count). The fourth-order valence-electron chi connectivity index (χ4n) is 1.93. The molecule has 0 spiro atoms. The van der Waals surface area contributed by atoms with Crippen molar-refractivity contribution in [2.24, 2.45) is 0 Å². The number of hydrogen-bond acceptors (Lipinski definition) is 4. The molecular formula is C13H14F2N2O3. The van der Waals surface area contributed by atoms with E-state index in [9.17, 15) is 13.6 Å². The molecule has 0 atom stereocenters. The average Bonchev–Trinajstić information content (AvgIpc) is 3.10. The summed E-state index contributed by atoms with van der Waals surface area (Å²) >= 11 is 0. The number of hydrogen-bond donors (Lipinski definition) is 2. The van der Waals surface area contributed by atoms with E-state index < -0.39 is 6.29 Å². The van der Waals surface area contributed by atoms with Crippen LogP contribution in [0.2, 0.25) is 0 Å². The van der Waals surface area contributed by atoms with Crippen LogP contribution in [0.4, 0.5) is 14.5 Å². The van der Waals surface area contributed by atoms with Crippen molar-refractivity contribution in [2.75, 3.05) is 11.9 Å². The van der Waals surface area contributed by atoms with Crippen LogP contribution in [0, 0.1) is 0 Å². The van der Waals surface area contributed by atoms with E-state index in [0.717, 1.165) is 12.8 Å². The molecule has 108 valence electrons. The van der Waals surface area contributed by atoms with Crippen molar-refractivity contribution in [1.82, 2.24) is 5.32 Å². The van der Waals surface area contributed by atoms with Crippen LogP contribution in [0.3, 0.4) is 0 Å². The fourth-order valence-corrected chi connectivity index (χ4v) is 1.93. The van der Waals surface area contributed by atoms with Gasteiger partial charge in [0, 0.05) is 30.8 Å². The smallest absolute Gasteiger partial charge is 0.395 e. The van der Waals surface area contributed by atoms with Crippen LogP contribution in [0.1, 0.15) is 19.3 Å². The van der Waals surface area contributed by atoms with Crippen molar-refractivity contribution in [3.05, 3.63) is 18.2 Å². The van der Waals surface area contributed by atoms with Crippen LogP contribution >= 0.6 is 0 Å². The second kappa shape index (κ2) is 4.90. The number of carbonyl (C=O) groups is 1. The van der Waals surface area contributed by atoms with Crippen LogP contribution < -0.4 is 20.1 Å². The highest BCUT2D eigenvalue weighted by Gasteiger charge is 2.43. The molecular weight excluding hydrogens is 270 g/mol. The van der Waals surface area contributed by atoms with E-state index in [4.69, 9.17) is 0 Å². The Hall–Kier alpha value is -1.89. The predicted octanol–water partition coefficient (Wildman–Crippen LogP) is 2.09. The van der Waals surface area contributed by atoms with E-state index in [0.29, 0.717) is 24.7 Å². The van der Waals surface area contributed by atoms with E-state index in [2.05, 4.69) is 20.1 Å². The number of carbonyl (C=O) groups excluding carboxylic acids is 1. The highest BCUT2D eigenvalue weighted by atomic mass is 19.3. The number of anilines is 1. The average molecular weight is 284 g/mol. The summed E-state index contributed by atoms with van der Waals surface area (Å²) in [5.74, 6) is -0.295. The van der Waals surface area contributed by atoms with Gasteiger partial charge in [-0.2, -0.15) is 0 Å². The fraction of sp³-hybridized carbons (Fsp3) is 0.462. The number of benzene rings is 1. The molecule has 0 bridgehead atoms. The van der Waals surface area contributed by atoms with Gasteiger partial charge >= 0.3 is 6.29 Å². The van der Waals surface area contributed by atoms with Gasteiger partial charge in [-0.05, 0) is 25.0 Å². The number of nitrogens with one attached hydrogen (secondary N) is 2. The largest absolute Gasteiger partial charge is 0.586 e. The molecule has 0 radical (unpaired) electrons. The maximum Gasteiger partial charge on any atom is 0.586 e. The summed E-state index contributed by atoms with van der Waals surface area (Å²) in [6, 6.07) is 4.71. The molecule has 0 unspecified atom stereocenters. The zero-order valence-electron chi connectivity index (χ0n) is 10.6. The monoisotopic (exact) mass is 284 g/mol. The third-order valence-electron chi connectivity index (χ3n) is 3.05. The van der Waals surface area contributed by atoms with E-state index in [-0.39, 0.29) is 17.4 Å². The Kier molecular flexibility index (Phi) is 3.21. The first-order chi connectivity index (χ1) is 9.52. The minimum atomic E-state index is -3.64. The van der Waals surface area contributed by atoms with E-state index in [1.54, 1.807) is 0 Å². The third kappa shape index (κ3) is 3.16. The lowest BCUT2D eigenvalue weighted by Crippen LogP contribution is -2.25. The van der Waals surface area contributed by atoms with E-state index in [1.165, 1.54) is 18.2 Å². The first kappa shape index (κ1) is 13.1. The molecule has 1 aliphatic carbocycles. The molecule has 0 aromatic heterocycles. The molecule has 1 fully saturated rings. The van der Waals surface area contributed by atoms with Crippen molar-refractivity contribution < 1.29 is 23.0 Å². The van der Waals surface area contributed by atoms with Gasteiger partial charge in [0.1, 0.15) is 0 Å². The Labute approximate surface area is 114 Å². The van der Waals surface area contributed by atoms with Gasteiger partial charge in [-0.15, -0.1) is 8.78 Å². The summed E-state index contributed by atoms with van der Waals surface area (Å²) < 4.78 is 34.3. The molecule has 5 nitrogen and oxygen atoms in total. The summed E-state index contributed by atoms with van der Waals surface area (Å²) in [5.41, 5.74) is 0.404. The van der Waals surface area contributed by atoms with Gasteiger partial charge in [-0.3, -0.25) is 4.79 Å². The molecule has 1 saturated carbocycles. The van der Waals surface area contributed by atoms with Gasteiger partial charge in [0.25, 0.3) is 0 Å². The van der Waals surface area contributed by atoms with Crippen molar-refractivity contribution in [2.45, 2.75) is 31.6 Å². The first-order valence-corrected chi connectivity index (χ1v) is 6.45. The number of amides is 1. The molecule has 1 heterocycles. The first-order valence-electron chi connectivity index (χ1n) is 6.45. The molecule has 1 amide bonds. The second-order valence-electron chi connectivity index (χ2n) is 4.86. The Bertz CT molecular complexity index is 532. The number of rotatable bonds is 5. The molecule has 1 aromatic rings. The van der Waals surface area contributed by atoms with Gasteiger partial charge < -0.3 is 20.1 Å². The van der Waals surface area contributed by atoms with Crippen LogP contribution in [0.15, 0.2) is 18.2 Å². The third-order valence-corrected chi connectivity index (χ3v) is 3.05. The molecule has 0 saturated heterocycles. The lowest BCUT2D eigenvalue weighted by molar-refractivity contribution is -0.286. The molecule has 20 heavy (non-hydrogen) atoms. The van der Waals surface area contributed by atoms with Crippen LogP contribution in [0.5, 0.6) is 11.5 Å². The van der Waals surface area contributed by atoms with E-state index in [1.807, 2.05) is 0 Å². The Balaban J connectivity index is 1.54. The Morgan fingerprint density at radius 2 is 2.05 bits per heavy atom. The minimum absolute atomic E-state index is 0.0385.